The van der Waals surface area contributed by atoms with Gasteiger partial charge >= 0.3 is 5.97 Å². The van der Waals surface area contributed by atoms with E-state index in [1.807, 2.05) is 30.5 Å². The van der Waals surface area contributed by atoms with E-state index >= 15 is 0 Å². The number of para-hydroxylation sites is 1. The first-order valence-corrected chi connectivity index (χ1v) is 7.07. The lowest BCUT2D eigenvalue weighted by molar-refractivity contribution is 0.0697. The summed E-state index contributed by atoms with van der Waals surface area (Å²) in [7, 11) is 0. The van der Waals surface area contributed by atoms with Crippen LogP contribution >= 0.6 is 15.9 Å². The first kappa shape index (κ1) is 13.6. The maximum absolute atomic E-state index is 11.3. The second-order valence-corrected chi connectivity index (χ2v) is 5.41. The fraction of sp³-hybridized carbons (Fsp3) is 0. The number of aromatic nitrogens is 2. The second-order valence-electron chi connectivity index (χ2n) is 4.50. The smallest absolute Gasteiger partial charge is 0.337 e. The van der Waals surface area contributed by atoms with Crippen molar-refractivity contribution >= 4 is 21.9 Å². The normalized spacial score (nSPS) is 10.5. The number of carbonyl (C=O) groups is 1. The highest BCUT2D eigenvalue weighted by Crippen LogP contribution is 2.22. The van der Waals surface area contributed by atoms with E-state index in [-0.39, 0.29) is 5.56 Å². The molecule has 0 atom stereocenters. The van der Waals surface area contributed by atoms with Crippen molar-refractivity contribution in [3.05, 3.63) is 71.1 Å². The van der Waals surface area contributed by atoms with Crippen LogP contribution in [-0.4, -0.2) is 20.6 Å². The summed E-state index contributed by atoms with van der Waals surface area (Å²) in [4.78, 5) is 15.6. The molecule has 0 radical (unpaired) electrons. The standard InChI is InChI=1S/C16H11BrN2O2/c17-12-7-5-11(6-8-12)14-9-19(10-18-14)15-4-2-1-3-13(15)16(20)21/h1-10H,(H,20,21). The fourth-order valence-electron chi connectivity index (χ4n) is 2.10. The largest absolute Gasteiger partial charge is 0.478 e. The molecule has 2 aromatic carbocycles. The molecule has 0 aliphatic heterocycles. The van der Waals surface area contributed by atoms with Gasteiger partial charge in [0, 0.05) is 16.2 Å². The molecule has 3 rings (SSSR count). The average molecular weight is 343 g/mol. The molecule has 0 bridgehead atoms. The topological polar surface area (TPSA) is 55.1 Å². The van der Waals surface area contributed by atoms with Gasteiger partial charge in [0.2, 0.25) is 0 Å². The molecular formula is C16H11BrN2O2. The SMILES string of the molecule is O=C(O)c1ccccc1-n1cnc(-c2ccc(Br)cc2)c1. The first-order valence-electron chi connectivity index (χ1n) is 6.28. The third-order valence-corrected chi connectivity index (χ3v) is 3.66. The summed E-state index contributed by atoms with van der Waals surface area (Å²) >= 11 is 3.39. The zero-order valence-corrected chi connectivity index (χ0v) is 12.5. The van der Waals surface area contributed by atoms with E-state index in [2.05, 4.69) is 20.9 Å². The van der Waals surface area contributed by atoms with Crippen LogP contribution in [0.4, 0.5) is 0 Å². The second kappa shape index (κ2) is 5.54. The summed E-state index contributed by atoms with van der Waals surface area (Å²) in [5, 5.41) is 9.24. The Morgan fingerprint density at radius 2 is 1.81 bits per heavy atom. The van der Waals surface area contributed by atoms with Crippen molar-refractivity contribution in [1.29, 1.82) is 0 Å². The summed E-state index contributed by atoms with van der Waals surface area (Å²) in [6, 6.07) is 14.7. The van der Waals surface area contributed by atoms with Gasteiger partial charge < -0.3 is 9.67 Å². The van der Waals surface area contributed by atoms with Crippen molar-refractivity contribution in [2.24, 2.45) is 0 Å². The lowest BCUT2D eigenvalue weighted by Gasteiger charge is -2.05. The van der Waals surface area contributed by atoms with Crippen LogP contribution in [0.1, 0.15) is 10.4 Å². The molecule has 104 valence electrons. The van der Waals surface area contributed by atoms with Crippen molar-refractivity contribution < 1.29 is 9.90 Å². The van der Waals surface area contributed by atoms with Crippen LogP contribution in [0.5, 0.6) is 0 Å². The minimum absolute atomic E-state index is 0.247. The number of aromatic carboxylic acids is 1. The van der Waals surface area contributed by atoms with Gasteiger partial charge in [-0.2, -0.15) is 0 Å². The highest BCUT2D eigenvalue weighted by Gasteiger charge is 2.11. The molecule has 3 aromatic rings. The molecule has 0 saturated heterocycles. The summed E-state index contributed by atoms with van der Waals surface area (Å²) in [5.41, 5.74) is 2.62. The van der Waals surface area contributed by atoms with Gasteiger partial charge in [0.25, 0.3) is 0 Å². The van der Waals surface area contributed by atoms with Crippen LogP contribution in [-0.2, 0) is 0 Å². The Morgan fingerprint density at radius 3 is 2.52 bits per heavy atom. The number of nitrogens with zero attached hydrogens (tertiary/aromatic N) is 2. The Hall–Kier alpha value is -2.40. The highest BCUT2D eigenvalue weighted by atomic mass is 79.9. The molecule has 0 fully saturated rings. The van der Waals surface area contributed by atoms with Gasteiger partial charge in [-0.15, -0.1) is 0 Å². The number of hydrogen-bond donors (Lipinski definition) is 1. The monoisotopic (exact) mass is 342 g/mol. The van der Waals surface area contributed by atoms with Crippen molar-refractivity contribution in [3.8, 4) is 16.9 Å². The number of imidazole rings is 1. The Morgan fingerprint density at radius 1 is 1.10 bits per heavy atom. The van der Waals surface area contributed by atoms with E-state index in [1.54, 1.807) is 35.2 Å². The van der Waals surface area contributed by atoms with Gasteiger partial charge in [0.1, 0.15) is 0 Å². The van der Waals surface area contributed by atoms with Crippen LogP contribution in [0, 0.1) is 0 Å². The van der Waals surface area contributed by atoms with Crippen LogP contribution in [0.25, 0.3) is 16.9 Å². The first-order chi connectivity index (χ1) is 10.1. The molecule has 0 unspecified atom stereocenters. The minimum atomic E-state index is -0.954. The number of benzene rings is 2. The molecule has 5 heteroatoms. The number of carboxylic acid groups (broad SMARTS) is 1. The molecule has 1 heterocycles. The van der Waals surface area contributed by atoms with Crippen molar-refractivity contribution in [2.45, 2.75) is 0 Å². The molecule has 1 N–H and O–H groups in total. The predicted octanol–water partition coefficient (Wildman–Crippen LogP) is 4.00. The Bertz CT molecular complexity index is 794. The summed E-state index contributed by atoms with van der Waals surface area (Å²) < 4.78 is 2.72. The maximum Gasteiger partial charge on any atom is 0.337 e. The lowest BCUT2D eigenvalue weighted by atomic mass is 10.1. The van der Waals surface area contributed by atoms with Gasteiger partial charge in [0.05, 0.1) is 23.3 Å². The maximum atomic E-state index is 11.3. The third-order valence-electron chi connectivity index (χ3n) is 3.14. The van der Waals surface area contributed by atoms with Crippen LogP contribution < -0.4 is 0 Å². The van der Waals surface area contributed by atoms with Crippen molar-refractivity contribution in [2.75, 3.05) is 0 Å². The summed E-state index contributed by atoms with van der Waals surface area (Å²) in [6.45, 7) is 0. The lowest BCUT2D eigenvalue weighted by Crippen LogP contribution is -2.03. The summed E-state index contributed by atoms with van der Waals surface area (Å²) in [6.07, 6.45) is 3.45. The number of halogens is 1. The van der Waals surface area contributed by atoms with E-state index in [1.165, 1.54) is 0 Å². The zero-order valence-electron chi connectivity index (χ0n) is 10.9. The Balaban J connectivity index is 2.03. The molecule has 0 saturated carbocycles. The molecule has 0 spiro atoms. The number of hydrogen-bond acceptors (Lipinski definition) is 2. The highest BCUT2D eigenvalue weighted by molar-refractivity contribution is 9.10. The van der Waals surface area contributed by atoms with Crippen molar-refractivity contribution in [1.82, 2.24) is 9.55 Å². The average Bonchev–Trinajstić information content (AvgIpc) is 2.97. The van der Waals surface area contributed by atoms with Gasteiger partial charge in [-0.05, 0) is 24.3 Å². The van der Waals surface area contributed by atoms with E-state index in [0.717, 1.165) is 15.7 Å². The van der Waals surface area contributed by atoms with Gasteiger partial charge in [-0.1, -0.05) is 40.2 Å². The molecule has 1 aromatic heterocycles. The predicted molar refractivity (Wildman–Crippen MR) is 83.7 cm³/mol. The third kappa shape index (κ3) is 2.73. The zero-order chi connectivity index (χ0) is 14.8. The molecule has 0 aliphatic rings. The van der Waals surface area contributed by atoms with Crippen molar-refractivity contribution in [3.63, 3.8) is 0 Å². The van der Waals surface area contributed by atoms with Crippen LogP contribution in [0.2, 0.25) is 0 Å². The van der Waals surface area contributed by atoms with E-state index in [0.29, 0.717) is 5.69 Å². The number of rotatable bonds is 3. The van der Waals surface area contributed by atoms with Gasteiger partial charge in [0.15, 0.2) is 0 Å². The minimum Gasteiger partial charge on any atom is -0.478 e. The Labute approximate surface area is 129 Å². The molecule has 21 heavy (non-hydrogen) atoms. The van der Waals surface area contributed by atoms with E-state index in [4.69, 9.17) is 0 Å². The van der Waals surface area contributed by atoms with E-state index in [9.17, 15) is 9.90 Å². The van der Waals surface area contributed by atoms with Gasteiger partial charge in [-0.25, -0.2) is 9.78 Å². The summed E-state index contributed by atoms with van der Waals surface area (Å²) in [5.74, 6) is -0.954. The van der Waals surface area contributed by atoms with Gasteiger partial charge in [-0.3, -0.25) is 0 Å². The van der Waals surface area contributed by atoms with Crippen LogP contribution in [0.15, 0.2) is 65.5 Å². The quantitative estimate of drug-likeness (QED) is 0.782. The number of carboxylic acids is 1. The molecular weight excluding hydrogens is 332 g/mol. The molecule has 0 aliphatic carbocycles. The Kier molecular flexibility index (Phi) is 3.58. The fourth-order valence-corrected chi connectivity index (χ4v) is 2.37. The molecule has 4 nitrogen and oxygen atoms in total. The molecule has 0 amide bonds. The van der Waals surface area contributed by atoms with E-state index < -0.39 is 5.97 Å². The van der Waals surface area contributed by atoms with Crippen LogP contribution in [0.3, 0.4) is 0 Å².